The molecule has 0 unspecified atom stereocenters. The number of esters is 1. The Balaban J connectivity index is 1.61. The first-order valence-corrected chi connectivity index (χ1v) is 9.76. The van der Waals surface area contributed by atoms with Gasteiger partial charge >= 0.3 is 5.97 Å². The zero-order valence-corrected chi connectivity index (χ0v) is 17.1. The van der Waals surface area contributed by atoms with Gasteiger partial charge in [0.2, 0.25) is 0 Å². The van der Waals surface area contributed by atoms with Crippen LogP contribution in [0, 0.1) is 6.92 Å². The number of carbonyl (C=O) groups is 2. The lowest BCUT2D eigenvalue weighted by molar-refractivity contribution is 0.0602. The number of furan rings is 1. The topological polar surface area (TPSA) is 87.0 Å². The van der Waals surface area contributed by atoms with Crippen LogP contribution >= 0.6 is 11.3 Å². The molecule has 0 saturated carbocycles. The molecule has 0 atom stereocenters. The monoisotopic (exact) mass is 415 g/mol. The Morgan fingerprint density at radius 2 is 1.76 bits per heavy atom. The number of rotatable bonds is 8. The van der Waals surface area contributed by atoms with E-state index in [9.17, 15) is 9.59 Å². The molecule has 0 fully saturated rings. The first-order valence-electron chi connectivity index (χ1n) is 8.94. The number of methoxy groups -OCH3 is 1. The second-order valence-corrected chi connectivity index (χ2v) is 7.26. The maximum atomic E-state index is 12.5. The fourth-order valence-electron chi connectivity index (χ4n) is 2.56. The molecular weight excluding hydrogens is 394 g/mol. The third-order valence-electron chi connectivity index (χ3n) is 3.89. The average molecular weight is 415 g/mol. The molecule has 0 bridgehead atoms. The van der Waals surface area contributed by atoms with Crippen LogP contribution in [-0.4, -0.2) is 25.6 Å². The molecule has 0 spiro atoms. The van der Waals surface area contributed by atoms with Crippen LogP contribution in [0.1, 0.15) is 38.5 Å². The highest BCUT2D eigenvalue weighted by molar-refractivity contribution is 7.16. The summed E-state index contributed by atoms with van der Waals surface area (Å²) in [5.41, 5.74) is 0.314. The molecule has 1 amide bonds. The lowest BCUT2D eigenvalue weighted by Gasteiger charge is -2.06. The van der Waals surface area contributed by atoms with Crippen LogP contribution in [0.2, 0.25) is 0 Å². The number of carbonyl (C=O) groups excluding carboxylic acids is 2. The van der Waals surface area contributed by atoms with Gasteiger partial charge in [-0.25, -0.2) is 4.79 Å². The van der Waals surface area contributed by atoms with Gasteiger partial charge < -0.3 is 23.9 Å². The van der Waals surface area contributed by atoms with E-state index in [1.54, 1.807) is 30.3 Å². The normalized spacial score (nSPS) is 10.4. The summed E-state index contributed by atoms with van der Waals surface area (Å²) in [5, 5.41) is 3.12. The predicted octanol–water partition coefficient (Wildman–Crippen LogP) is 4.67. The van der Waals surface area contributed by atoms with Crippen molar-refractivity contribution in [3.63, 3.8) is 0 Å². The highest BCUT2D eigenvalue weighted by Crippen LogP contribution is 2.29. The van der Waals surface area contributed by atoms with E-state index in [1.807, 2.05) is 26.0 Å². The molecule has 152 valence electrons. The second kappa shape index (κ2) is 9.29. The number of thiophene rings is 1. The lowest BCUT2D eigenvalue weighted by Crippen LogP contribution is -2.13. The van der Waals surface area contributed by atoms with Crippen molar-refractivity contribution in [2.24, 2.45) is 0 Å². The van der Waals surface area contributed by atoms with Crippen molar-refractivity contribution < 1.29 is 28.2 Å². The first kappa shape index (κ1) is 20.5. The van der Waals surface area contributed by atoms with Gasteiger partial charge in [0.1, 0.15) is 28.9 Å². The summed E-state index contributed by atoms with van der Waals surface area (Å²) in [6.07, 6.45) is 0. The van der Waals surface area contributed by atoms with Gasteiger partial charge in [0.25, 0.3) is 5.91 Å². The van der Waals surface area contributed by atoms with E-state index < -0.39 is 11.9 Å². The number of hydrogen-bond donors (Lipinski definition) is 1. The van der Waals surface area contributed by atoms with Crippen LogP contribution in [0.25, 0.3) is 0 Å². The maximum Gasteiger partial charge on any atom is 0.340 e. The standard InChI is InChI=1S/C21H21NO6S/c1-4-26-14-5-7-15(8-6-14)27-12-16-9-10-18(28-16)19(23)22-20-17(21(24)25-3)11-13(2)29-20/h5-11H,4,12H2,1-3H3,(H,22,23). The third-order valence-corrected chi connectivity index (χ3v) is 4.85. The number of amides is 1. The molecule has 0 aliphatic heterocycles. The van der Waals surface area contributed by atoms with Crippen molar-refractivity contribution in [2.45, 2.75) is 20.5 Å². The molecule has 8 heteroatoms. The van der Waals surface area contributed by atoms with Gasteiger partial charge in [-0.1, -0.05) is 0 Å². The van der Waals surface area contributed by atoms with E-state index in [4.69, 9.17) is 18.6 Å². The fraction of sp³-hybridized carbons (Fsp3) is 0.238. The molecule has 3 rings (SSSR count). The molecule has 7 nitrogen and oxygen atoms in total. The number of aryl methyl sites for hydroxylation is 1. The molecule has 0 aliphatic carbocycles. The fourth-order valence-corrected chi connectivity index (χ4v) is 3.46. The van der Waals surface area contributed by atoms with Crippen molar-refractivity contribution in [2.75, 3.05) is 19.0 Å². The van der Waals surface area contributed by atoms with E-state index in [2.05, 4.69) is 5.32 Å². The van der Waals surface area contributed by atoms with Crippen LogP contribution < -0.4 is 14.8 Å². The van der Waals surface area contributed by atoms with Gasteiger partial charge in [0.15, 0.2) is 5.76 Å². The number of benzene rings is 1. The molecule has 3 aromatic rings. The highest BCUT2D eigenvalue weighted by Gasteiger charge is 2.19. The maximum absolute atomic E-state index is 12.5. The lowest BCUT2D eigenvalue weighted by atomic mass is 10.3. The Hall–Kier alpha value is -3.26. The van der Waals surface area contributed by atoms with Gasteiger partial charge in [-0.3, -0.25) is 4.79 Å². The quantitative estimate of drug-likeness (QED) is 0.538. The number of anilines is 1. The molecule has 29 heavy (non-hydrogen) atoms. The summed E-state index contributed by atoms with van der Waals surface area (Å²) in [5.74, 6) is 1.09. The summed E-state index contributed by atoms with van der Waals surface area (Å²) in [6, 6.07) is 12.1. The Labute approximate surface area is 172 Å². The minimum Gasteiger partial charge on any atom is -0.494 e. The number of ether oxygens (including phenoxy) is 3. The SMILES string of the molecule is CCOc1ccc(OCc2ccc(C(=O)Nc3sc(C)cc3C(=O)OC)o2)cc1. The molecule has 1 N–H and O–H groups in total. The number of nitrogens with one attached hydrogen (secondary N) is 1. The van der Waals surface area contributed by atoms with Crippen LogP contribution in [-0.2, 0) is 11.3 Å². The number of hydrogen-bond acceptors (Lipinski definition) is 7. The van der Waals surface area contributed by atoms with E-state index in [1.165, 1.54) is 18.4 Å². The Kier molecular flexibility index (Phi) is 6.56. The minimum atomic E-state index is -0.506. The van der Waals surface area contributed by atoms with Crippen LogP contribution in [0.3, 0.4) is 0 Å². The molecule has 0 radical (unpaired) electrons. The van der Waals surface area contributed by atoms with Crippen LogP contribution in [0.15, 0.2) is 46.9 Å². The van der Waals surface area contributed by atoms with Gasteiger partial charge in [-0.05, 0) is 56.3 Å². The van der Waals surface area contributed by atoms with E-state index >= 15 is 0 Å². The largest absolute Gasteiger partial charge is 0.494 e. The van der Waals surface area contributed by atoms with Crippen molar-refractivity contribution in [3.05, 3.63) is 64.4 Å². The average Bonchev–Trinajstić information content (AvgIpc) is 3.34. The summed E-state index contributed by atoms with van der Waals surface area (Å²) in [4.78, 5) is 25.2. The molecule has 2 aromatic heterocycles. The van der Waals surface area contributed by atoms with Crippen molar-refractivity contribution in [1.82, 2.24) is 0 Å². The van der Waals surface area contributed by atoms with Gasteiger partial charge in [-0.15, -0.1) is 11.3 Å². The van der Waals surface area contributed by atoms with E-state index in [0.29, 0.717) is 28.7 Å². The zero-order valence-electron chi connectivity index (χ0n) is 16.3. The summed E-state index contributed by atoms with van der Waals surface area (Å²) >= 11 is 1.29. The first-order chi connectivity index (χ1) is 14.0. The van der Waals surface area contributed by atoms with E-state index in [0.717, 1.165) is 10.6 Å². The predicted molar refractivity (Wildman–Crippen MR) is 109 cm³/mol. The molecule has 0 saturated heterocycles. The minimum absolute atomic E-state index is 0.122. The Morgan fingerprint density at radius 3 is 2.41 bits per heavy atom. The smallest absolute Gasteiger partial charge is 0.340 e. The Bertz CT molecular complexity index is 989. The van der Waals surface area contributed by atoms with Gasteiger partial charge in [-0.2, -0.15) is 0 Å². The van der Waals surface area contributed by atoms with E-state index in [-0.39, 0.29) is 12.4 Å². The molecule has 2 heterocycles. The van der Waals surface area contributed by atoms with Crippen molar-refractivity contribution in [1.29, 1.82) is 0 Å². The summed E-state index contributed by atoms with van der Waals surface area (Å²) in [7, 11) is 1.30. The van der Waals surface area contributed by atoms with Crippen molar-refractivity contribution in [3.8, 4) is 11.5 Å². The summed E-state index contributed by atoms with van der Waals surface area (Å²) in [6.45, 7) is 4.54. The molecule has 1 aromatic carbocycles. The van der Waals surface area contributed by atoms with Crippen LogP contribution in [0.4, 0.5) is 5.00 Å². The summed E-state index contributed by atoms with van der Waals surface area (Å²) < 4.78 is 21.4. The van der Waals surface area contributed by atoms with Crippen molar-refractivity contribution >= 4 is 28.2 Å². The second-order valence-electron chi connectivity index (χ2n) is 6.00. The van der Waals surface area contributed by atoms with Gasteiger partial charge in [0.05, 0.1) is 19.3 Å². The molecule has 0 aliphatic rings. The van der Waals surface area contributed by atoms with Gasteiger partial charge in [0, 0.05) is 4.88 Å². The Morgan fingerprint density at radius 1 is 1.07 bits per heavy atom. The highest BCUT2D eigenvalue weighted by atomic mass is 32.1. The third kappa shape index (κ3) is 5.17. The van der Waals surface area contributed by atoms with Crippen LogP contribution in [0.5, 0.6) is 11.5 Å². The molecular formula is C21H21NO6S. The zero-order chi connectivity index (χ0) is 20.8.